The van der Waals surface area contributed by atoms with Gasteiger partial charge in [-0.15, -0.1) is 0 Å². The van der Waals surface area contributed by atoms with Crippen molar-refractivity contribution >= 4 is 11.9 Å². The summed E-state index contributed by atoms with van der Waals surface area (Å²) in [6.45, 7) is 3.63. The van der Waals surface area contributed by atoms with Crippen LogP contribution in [0.2, 0.25) is 0 Å². The Morgan fingerprint density at radius 3 is 1.55 bits per heavy atom. The van der Waals surface area contributed by atoms with Gasteiger partial charge in [-0.1, -0.05) is 0 Å². The van der Waals surface area contributed by atoms with Gasteiger partial charge >= 0.3 is 41.5 Å². The molecular weight excluding hydrogens is 159 g/mol. The first-order chi connectivity index (χ1) is 4.72. The van der Waals surface area contributed by atoms with Gasteiger partial charge in [0.15, 0.2) is 0 Å². The number of rotatable bonds is 2. The third-order valence-electron chi connectivity index (χ3n) is 0.718. The Morgan fingerprint density at radius 2 is 1.36 bits per heavy atom. The van der Waals surface area contributed by atoms with E-state index in [0.29, 0.717) is 0 Å². The number of carbonyl (C=O) groups excluding carboxylic acids is 2. The zero-order chi connectivity index (χ0) is 7.98. The first-order valence-electron chi connectivity index (χ1n) is 3.06. The molecule has 0 radical (unpaired) electrons. The molecule has 4 nitrogen and oxygen atoms in total. The van der Waals surface area contributed by atoms with Crippen molar-refractivity contribution in [3.8, 4) is 0 Å². The number of ether oxygens (including phenoxy) is 2. The largest absolute Gasteiger partial charge is 1.00 e. The number of hydrogen-bond acceptors (Lipinski definition) is 4. The second-order valence-corrected chi connectivity index (χ2v) is 1.44. The molecule has 60 valence electrons. The predicted octanol–water partition coefficient (Wildman–Crippen LogP) is -2.77. The summed E-state index contributed by atoms with van der Waals surface area (Å²) in [5.41, 5.74) is 0. The standard InChI is InChI=1S/C6H10O4.Na.H/c1-3-9-5(7)6(8)10-4-2;;/h3-4H2,1-2H3;;/q;+1;-1. The molecule has 0 N–H and O–H groups in total. The van der Waals surface area contributed by atoms with Crippen LogP contribution < -0.4 is 29.6 Å². The Kier molecular flexibility index (Phi) is 9.89. The first kappa shape index (κ1) is 13.5. The van der Waals surface area contributed by atoms with Crippen molar-refractivity contribution in [1.82, 2.24) is 0 Å². The molecule has 5 heteroatoms. The molecule has 0 heterocycles. The smallest absolute Gasteiger partial charge is 1.00 e. The summed E-state index contributed by atoms with van der Waals surface area (Å²) in [5, 5.41) is 0. The third-order valence-corrected chi connectivity index (χ3v) is 0.718. The first-order valence-corrected chi connectivity index (χ1v) is 3.06. The van der Waals surface area contributed by atoms with Crippen molar-refractivity contribution in [2.24, 2.45) is 0 Å². The minimum absolute atomic E-state index is 0. The molecule has 0 aliphatic rings. The minimum atomic E-state index is -0.927. The molecule has 11 heavy (non-hydrogen) atoms. The minimum Gasteiger partial charge on any atom is -1.00 e. The van der Waals surface area contributed by atoms with E-state index < -0.39 is 11.9 Å². The van der Waals surface area contributed by atoms with E-state index in [9.17, 15) is 9.59 Å². The van der Waals surface area contributed by atoms with E-state index in [2.05, 4.69) is 9.47 Å². The van der Waals surface area contributed by atoms with Crippen molar-refractivity contribution in [3.63, 3.8) is 0 Å². The molecular formula is C6H11NaO4. The van der Waals surface area contributed by atoms with E-state index in [1.165, 1.54) is 0 Å². The molecule has 0 bridgehead atoms. The van der Waals surface area contributed by atoms with Crippen molar-refractivity contribution in [2.45, 2.75) is 13.8 Å². The topological polar surface area (TPSA) is 52.6 Å². The fraction of sp³-hybridized carbons (Fsp3) is 0.667. The average molecular weight is 170 g/mol. The number of esters is 2. The Labute approximate surface area is 89.0 Å². The van der Waals surface area contributed by atoms with Gasteiger partial charge in [0.05, 0.1) is 13.2 Å². The molecule has 0 spiro atoms. The molecule has 0 aromatic carbocycles. The van der Waals surface area contributed by atoms with Gasteiger partial charge < -0.3 is 10.9 Å². The maximum Gasteiger partial charge on any atom is 1.00 e. The SMILES string of the molecule is CCOC(=O)C(=O)OCC.[H-].[Na+]. The second-order valence-electron chi connectivity index (χ2n) is 1.44. The quantitative estimate of drug-likeness (QED) is 0.256. The van der Waals surface area contributed by atoms with E-state index in [4.69, 9.17) is 0 Å². The molecule has 0 aromatic heterocycles. The van der Waals surface area contributed by atoms with Crippen LogP contribution in [0.25, 0.3) is 0 Å². The van der Waals surface area contributed by atoms with Gasteiger partial charge in [0.25, 0.3) is 0 Å². The van der Waals surface area contributed by atoms with Crippen LogP contribution in [0.3, 0.4) is 0 Å². The van der Waals surface area contributed by atoms with Gasteiger partial charge in [-0.25, -0.2) is 9.59 Å². The van der Waals surface area contributed by atoms with Gasteiger partial charge in [0, 0.05) is 0 Å². The van der Waals surface area contributed by atoms with Crippen LogP contribution in [-0.4, -0.2) is 25.2 Å². The fourth-order valence-corrected chi connectivity index (χ4v) is 0.380. The van der Waals surface area contributed by atoms with Crippen LogP contribution in [0.15, 0.2) is 0 Å². The van der Waals surface area contributed by atoms with E-state index in [0.717, 1.165) is 0 Å². The van der Waals surface area contributed by atoms with Crippen LogP contribution in [0, 0.1) is 0 Å². The molecule has 0 fully saturated rings. The average Bonchev–Trinajstić information content (AvgIpc) is 1.89. The molecule has 0 amide bonds. The van der Waals surface area contributed by atoms with Crippen LogP contribution in [0.4, 0.5) is 0 Å². The van der Waals surface area contributed by atoms with Gasteiger partial charge in [0.1, 0.15) is 0 Å². The fourth-order valence-electron chi connectivity index (χ4n) is 0.380. The van der Waals surface area contributed by atoms with E-state index >= 15 is 0 Å². The summed E-state index contributed by atoms with van der Waals surface area (Å²) in [7, 11) is 0. The molecule has 0 aliphatic heterocycles. The zero-order valence-corrected chi connectivity index (χ0v) is 9.05. The van der Waals surface area contributed by atoms with E-state index in [1.54, 1.807) is 13.8 Å². The summed E-state index contributed by atoms with van der Waals surface area (Å²) in [4.78, 5) is 20.9. The van der Waals surface area contributed by atoms with Crippen LogP contribution in [-0.2, 0) is 19.1 Å². The maximum atomic E-state index is 10.4. The number of hydrogen-bond donors (Lipinski definition) is 0. The zero-order valence-electron chi connectivity index (χ0n) is 8.05. The molecule has 0 atom stereocenters. The monoisotopic (exact) mass is 170 g/mol. The number of carbonyl (C=O) groups is 2. The van der Waals surface area contributed by atoms with Crippen molar-refractivity contribution in [1.29, 1.82) is 0 Å². The van der Waals surface area contributed by atoms with Gasteiger partial charge in [-0.05, 0) is 13.8 Å². The Balaban J connectivity index is -0.000000405. The van der Waals surface area contributed by atoms with E-state index in [-0.39, 0.29) is 44.2 Å². The van der Waals surface area contributed by atoms with Gasteiger partial charge in [-0.2, -0.15) is 0 Å². The van der Waals surface area contributed by atoms with Gasteiger partial charge in [0.2, 0.25) is 0 Å². The third kappa shape index (κ3) is 6.34. The molecule has 0 saturated carbocycles. The maximum absolute atomic E-state index is 10.4. The Bertz CT molecular complexity index is 124. The Hall–Kier alpha value is -0.0600. The van der Waals surface area contributed by atoms with Crippen LogP contribution >= 0.6 is 0 Å². The summed E-state index contributed by atoms with van der Waals surface area (Å²) >= 11 is 0. The van der Waals surface area contributed by atoms with E-state index in [1.807, 2.05) is 0 Å². The summed E-state index contributed by atoms with van der Waals surface area (Å²) in [5.74, 6) is -1.85. The Morgan fingerprint density at radius 1 is 1.09 bits per heavy atom. The van der Waals surface area contributed by atoms with Crippen LogP contribution in [0.1, 0.15) is 15.3 Å². The van der Waals surface area contributed by atoms with Crippen molar-refractivity contribution < 1.29 is 50.0 Å². The predicted molar refractivity (Wildman–Crippen MR) is 34.4 cm³/mol. The van der Waals surface area contributed by atoms with Crippen LogP contribution in [0.5, 0.6) is 0 Å². The molecule has 0 saturated heterocycles. The normalized spacial score (nSPS) is 7.82. The molecule has 0 unspecified atom stereocenters. The molecule has 0 aliphatic carbocycles. The summed E-state index contributed by atoms with van der Waals surface area (Å²) < 4.78 is 8.69. The van der Waals surface area contributed by atoms with Crippen molar-refractivity contribution in [3.05, 3.63) is 0 Å². The summed E-state index contributed by atoms with van der Waals surface area (Å²) in [6, 6.07) is 0. The van der Waals surface area contributed by atoms with Gasteiger partial charge in [-0.3, -0.25) is 0 Å². The molecule has 0 aromatic rings. The summed E-state index contributed by atoms with van der Waals surface area (Å²) in [6.07, 6.45) is 0. The molecule has 0 rings (SSSR count). The van der Waals surface area contributed by atoms with Crippen molar-refractivity contribution in [2.75, 3.05) is 13.2 Å². The second kappa shape index (κ2) is 8.04.